The van der Waals surface area contributed by atoms with Gasteiger partial charge in [0, 0.05) is 6.04 Å². The van der Waals surface area contributed by atoms with Crippen molar-refractivity contribution in [2.45, 2.75) is 38.3 Å². The van der Waals surface area contributed by atoms with Gasteiger partial charge >= 0.3 is 0 Å². The van der Waals surface area contributed by atoms with Gasteiger partial charge in [0.2, 0.25) is 0 Å². The Morgan fingerprint density at radius 3 is 2.80 bits per heavy atom. The number of rotatable bonds is 1. The Balaban J connectivity index is 2.32. The van der Waals surface area contributed by atoms with E-state index >= 15 is 0 Å². The zero-order valence-corrected chi connectivity index (χ0v) is 9.46. The lowest BCUT2D eigenvalue weighted by Gasteiger charge is -2.37. The Hall–Kier alpha value is -0.860. The molecule has 0 saturated carbocycles. The molecule has 1 aliphatic heterocycles. The van der Waals surface area contributed by atoms with Gasteiger partial charge in [0.25, 0.3) is 0 Å². The second-order valence-corrected chi connectivity index (χ2v) is 4.66. The molecule has 2 heteroatoms. The fourth-order valence-electron chi connectivity index (χ4n) is 2.55. The van der Waals surface area contributed by atoms with E-state index in [4.69, 9.17) is 0 Å². The highest BCUT2D eigenvalue weighted by Crippen LogP contribution is 2.34. The summed E-state index contributed by atoms with van der Waals surface area (Å²) < 4.78 is 0. The van der Waals surface area contributed by atoms with Gasteiger partial charge in [-0.1, -0.05) is 24.3 Å². The van der Waals surface area contributed by atoms with Crippen molar-refractivity contribution in [2.24, 2.45) is 0 Å². The van der Waals surface area contributed by atoms with E-state index in [0.29, 0.717) is 6.04 Å². The molecule has 0 spiro atoms. The van der Waals surface area contributed by atoms with Crippen LogP contribution in [0.25, 0.3) is 0 Å². The van der Waals surface area contributed by atoms with Crippen molar-refractivity contribution >= 4 is 0 Å². The Kier molecular flexibility index (Phi) is 2.81. The van der Waals surface area contributed by atoms with E-state index in [1.807, 2.05) is 18.2 Å². The molecule has 2 unspecified atom stereocenters. The van der Waals surface area contributed by atoms with Crippen LogP contribution >= 0.6 is 0 Å². The van der Waals surface area contributed by atoms with Crippen LogP contribution in [-0.4, -0.2) is 17.7 Å². The third kappa shape index (κ3) is 2.06. The third-order valence-corrected chi connectivity index (χ3v) is 3.32. The zero-order chi connectivity index (χ0) is 10.9. The molecular weight excluding hydrogens is 186 g/mol. The molecule has 1 aromatic rings. The molecular formula is C13H19NO. The Morgan fingerprint density at radius 1 is 1.40 bits per heavy atom. The molecule has 2 N–H and O–H groups in total. The molecule has 0 bridgehead atoms. The van der Waals surface area contributed by atoms with Crippen molar-refractivity contribution in [1.29, 1.82) is 0 Å². The maximum atomic E-state index is 10.7. The first-order valence-corrected chi connectivity index (χ1v) is 5.64. The first-order valence-electron chi connectivity index (χ1n) is 5.64. The van der Waals surface area contributed by atoms with Crippen LogP contribution in [0.5, 0.6) is 0 Å². The van der Waals surface area contributed by atoms with Crippen LogP contribution in [-0.2, 0) is 5.60 Å². The largest absolute Gasteiger partial charge is 0.385 e. The number of hydrogen-bond donors (Lipinski definition) is 2. The number of nitrogens with one attached hydrogen (secondary N) is 1. The van der Waals surface area contributed by atoms with E-state index in [2.05, 4.69) is 25.2 Å². The summed E-state index contributed by atoms with van der Waals surface area (Å²) in [5.74, 6) is 0. The maximum Gasteiger partial charge on any atom is 0.0925 e. The Bertz CT molecular complexity index is 350. The van der Waals surface area contributed by atoms with Gasteiger partial charge in [0.1, 0.15) is 0 Å². The van der Waals surface area contributed by atoms with Gasteiger partial charge < -0.3 is 10.4 Å². The molecule has 1 aliphatic rings. The minimum atomic E-state index is -0.629. The molecule has 2 atom stereocenters. The molecule has 15 heavy (non-hydrogen) atoms. The Labute approximate surface area is 91.3 Å². The number of benzene rings is 1. The summed E-state index contributed by atoms with van der Waals surface area (Å²) in [6, 6.07) is 8.54. The zero-order valence-electron chi connectivity index (χ0n) is 9.46. The van der Waals surface area contributed by atoms with E-state index < -0.39 is 5.60 Å². The molecule has 2 nitrogen and oxygen atoms in total. The van der Waals surface area contributed by atoms with Gasteiger partial charge in [0.05, 0.1) is 5.60 Å². The van der Waals surface area contributed by atoms with Crippen molar-refractivity contribution in [1.82, 2.24) is 5.32 Å². The highest BCUT2D eigenvalue weighted by Gasteiger charge is 2.34. The number of hydrogen-bond acceptors (Lipinski definition) is 2. The summed E-state index contributed by atoms with van der Waals surface area (Å²) in [7, 11) is 0. The quantitative estimate of drug-likeness (QED) is 0.734. The maximum absolute atomic E-state index is 10.7. The smallest absolute Gasteiger partial charge is 0.0925 e. The molecule has 2 rings (SSSR count). The van der Waals surface area contributed by atoms with E-state index in [9.17, 15) is 5.11 Å². The van der Waals surface area contributed by atoms with Crippen molar-refractivity contribution in [3.63, 3.8) is 0 Å². The summed E-state index contributed by atoms with van der Waals surface area (Å²) in [6.07, 6.45) is 1.61. The lowest BCUT2D eigenvalue weighted by atomic mass is 9.80. The van der Waals surface area contributed by atoms with Crippen molar-refractivity contribution in [3.8, 4) is 0 Å². The fourth-order valence-corrected chi connectivity index (χ4v) is 2.55. The van der Waals surface area contributed by atoms with Crippen molar-refractivity contribution in [3.05, 3.63) is 35.4 Å². The van der Waals surface area contributed by atoms with E-state index in [1.165, 1.54) is 5.56 Å². The average molecular weight is 205 g/mol. The average Bonchev–Trinajstić information content (AvgIpc) is 2.17. The summed E-state index contributed by atoms with van der Waals surface area (Å²) in [4.78, 5) is 0. The van der Waals surface area contributed by atoms with Crippen molar-refractivity contribution < 1.29 is 5.11 Å². The van der Waals surface area contributed by atoms with Gasteiger partial charge in [-0.05, 0) is 44.4 Å². The van der Waals surface area contributed by atoms with Crippen LogP contribution in [0.1, 0.15) is 30.9 Å². The van der Waals surface area contributed by atoms with Gasteiger partial charge in [-0.25, -0.2) is 0 Å². The predicted molar refractivity (Wildman–Crippen MR) is 61.8 cm³/mol. The van der Waals surface area contributed by atoms with Crippen LogP contribution in [0.15, 0.2) is 24.3 Å². The van der Waals surface area contributed by atoms with Gasteiger partial charge in [-0.3, -0.25) is 0 Å². The van der Waals surface area contributed by atoms with Crippen LogP contribution in [0.4, 0.5) is 0 Å². The molecule has 0 aliphatic carbocycles. The van der Waals surface area contributed by atoms with E-state index in [1.54, 1.807) is 0 Å². The van der Waals surface area contributed by atoms with Gasteiger partial charge in [-0.15, -0.1) is 0 Å². The topological polar surface area (TPSA) is 32.3 Å². The lowest BCUT2D eigenvalue weighted by molar-refractivity contribution is -0.00699. The summed E-state index contributed by atoms with van der Waals surface area (Å²) in [5.41, 5.74) is 1.66. The van der Waals surface area contributed by atoms with Gasteiger partial charge in [-0.2, -0.15) is 0 Å². The minimum absolute atomic E-state index is 0.392. The highest BCUT2D eigenvalue weighted by molar-refractivity contribution is 5.31. The second kappa shape index (κ2) is 3.95. The molecule has 1 aromatic carbocycles. The third-order valence-electron chi connectivity index (χ3n) is 3.32. The number of piperidine rings is 1. The summed E-state index contributed by atoms with van der Waals surface area (Å²) in [5, 5.41) is 14.0. The molecule has 1 fully saturated rings. The predicted octanol–water partition coefficient (Wildman–Crippen LogP) is 1.95. The van der Waals surface area contributed by atoms with E-state index in [-0.39, 0.29) is 0 Å². The van der Waals surface area contributed by atoms with E-state index in [0.717, 1.165) is 24.9 Å². The fraction of sp³-hybridized carbons (Fsp3) is 0.538. The molecule has 0 aromatic heterocycles. The first kappa shape index (κ1) is 10.7. The van der Waals surface area contributed by atoms with Crippen LogP contribution < -0.4 is 5.32 Å². The second-order valence-electron chi connectivity index (χ2n) is 4.66. The SMILES string of the molecule is Cc1ccccc1C1(O)CCNC(C)C1. The number of aliphatic hydroxyl groups is 1. The molecule has 0 radical (unpaired) electrons. The molecule has 1 heterocycles. The molecule has 0 amide bonds. The lowest BCUT2D eigenvalue weighted by Crippen LogP contribution is -2.45. The normalized spacial score (nSPS) is 31.5. The minimum Gasteiger partial charge on any atom is -0.385 e. The molecule has 82 valence electrons. The van der Waals surface area contributed by atoms with Crippen LogP contribution in [0, 0.1) is 6.92 Å². The van der Waals surface area contributed by atoms with Gasteiger partial charge in [0.15, 0.2) is 0 Å². The Morgan fingerprint density at radius 2 is 2.13 bits per heavy atom. The number of aryl methyl sites for hydroxylation is 1. The standard InChI is InChI=1S/C13H19NO/c1-10-5-3-4-6-12(10)13(15)7-8-14-11(2)9-13/h3-6,11,14-15H,7-9H2,1-2H3. The van der Waals surface area contributed by atoms with Crippen LogP contribution in [0.3, 0.4) is 0 Å². The monoisotopic (exact) mass is 205 g/mol. The van der Waals surface area contributed by atoms with Crippen molar-refractivity contribution in [2.75, 3.05) is 6.54 Å². The first-order chi connectivity index (χ1) is 7.12. The summed E-state index contributed by atoms with van der Waals surface area (Å²) >= 11 is 0. The van der Waals surface area contributed by atoms with Crippen LogP contribution in [0.2, 0.25) is 0 Å². The highest BCUT2D eigenvalue weighted by atomic mass is 16.3. The molecule has 1 saturated heterocycles. The summed E-state index contributed by atoms with van der Waals surface area (Å²) in [6.45, 7) is 5.09.